The molecule has 1 saturated carbocycles. The van der Waals surface area contributed by atoms with Crippen LogP contribution in [-0.2, 0) is 4.79 Å². The molecule has 0 aromatic heterocycles. The molecule has 1 aliphatic carbocycles. The van der Waals surface area contributed by atoms with Crippen molar-refractivity contribution < 1.29 is 4.79 Å². The summed E-state index contributed by atoms with van der Waals surface area (Å²) in [5.41, 5.74) is 3.58. The molecule has 2 nitrogen and oxygen atoms in total. The van der Waals surface area contributed by atoms with Crippen LogP contribution in [0.15, 0.2) is 54.6 Å². The molecule has 1 N–H and O–H groups in total. The number of benzene rings is 2. The standard InChI is InChI=1S/C19H21NO/c1-14(20-19(21)18-8-5-9-18)15-10-12-17(13-11-15)16-6-3-2-4-7-16/h2-4,6-7,10-14,18H,5,8-9H2,1H3,(H,20,21). The van der Waals surface area contributed by atoms with Crippen LogP contribution in [0.2, 0.25) is 0 Å². The highest BCUT2D eigenvalue weighted by Gasteiger charge is 2.26. The molecule has 0 aliphatic heterocycles. The predicted molar refractivity (Wildman–Crippen MR) is 85.8 cm³/mol. The van der Waals surface area contributed by atoms with Gasteiger partial charge in [0.2, 0.25) is 5.91 Å². The summed E-state index contributed by atoms with van der Waals surface area (Å²) in [6.45, 7) is 2.05. The highest BCUT2D eigenvalue weighted by atomic mass is 16.1. The first kappa shape index (κ1) is 13.9. The van der Waals surface area contributed by atoms with Gasteiger partial charge in [-0.1, -0.05) is 61.0 Å². The predicted octanol–water partition coefficient (Wildman–Crippen LogP) is 4.33. The summed E-state index contributed by atoms with van der Waals surface area (Å²) in [6.07, 6.45) is 3.29. The van der Waals surface area contributed by atoms with Gasteiger partial charge in [0, 0.05) is 5.92 Å². The zero-order valence-electron chi connectivity index (χ0n) is 12.4. The maximum atomic E-state index is 12.0. The second-order valence-electron chi connectivity index (χ2n) is 5.85. The van der Waals surface area contributed by atoms with Crippen molar-refractivity contribution in [1.82, 2.24) is 5.32 Å². The summed E-state index contributed by atoms with van der Waals surface area (Å²) in [5.74, 6) is 0.455. The number of carbonyl (C=O) groups is 1. The van der Waals surface area contributed by atoms with Crippen molar-refractivity contribution in [2.45, 2.75) is 32.2 Å². The molecule has 0 heterocycles. The van der Waals surface area contributed by atoms with E-state index in [1.807, 2.05) is 25.1 Å². The molecule has 1 atom stereocenters. The van der Waals surface area contributed by atoms with E-state index in [-0.39, 0.29) is 17.9 Å². The Morgan fingerprint density at radius 1 is 1.00 bits per heavy atom. The molecule has 1 unspecified atom stereocenters. The molecule has 1 aliphatic rings. The van der Waals surface area contributed by atoms with Crippen molar-refractivity contribution in [3.8, 4) is 11.1 Å². The van der Waals surface area contributed by atoms with Crippen LogP contribution in [0.1, 0.15) is 37.8 Å². The molecule has 2 heteroatoms. The van der Waals surface area contributed by atoms with Gasteiger partial charge in [-0.2, -0.15) is 0 Å². The largest absolute Gasteiger partial charge is 0.349 e. The Morgan fingerprint density at radius 2 is 1.62 bits per heavy atom. The lowest BCUT2D eigenvalue weighted by molar-refractivity contribution is -0.128. The highest BCUT2D eigenvalue weighted by molar-refractivity contribution is 5.79. The fourth-order valence-electron chi connectivity index (χ4n) is 2.68. The van der Waals surface area contributed by atoms with Crippen molar-refractivity contribution in [2.75, 3.05) is 0 Å². The molecule has 3 rings (SSSR count). The van der Waals surface area contributed by atoms with E-state index >= 15 is 0 Å². The molecule has 1 fully saturated rings. The van der Waals surface area contributed by atoms with Gasteiger partial charge in [0.25, 0.3) is 0 Å². The fourth-order valence-corrected chi connectivity index (χ4v) is 2.68. The quantitative estimate of drug-likeness (QED) is 0.886. The van der Waals surface area contributed by atoms with Gasteiger partial charge in [-0.15, -0.1) is 0 Å². The molecule has 108 valence electrons. The number of amides is 1. The smallest absolute Gasteiger partial charge is 0.223 e. The Morgan fingerprint density at radius 3 is 2.19 bits per heavy atom. The second-order valence-corrected chi connectivity index (χ2v) is 5.85. The van der Waals surface area contributed by atoms with Crippen LogP contribution in [0.5, 0.6) is 0 Å². The van der Waals surface area contributed by atoms with Crippen molar-refractivity contribution in [1.29, 1.82) is 0 Å². The topological polar surface area (TPSA) is 29.1 Å². The first-order valence-electron chi connectivity index (χ1n) is 7.70. The summed E-state index contributed by atoms with van der Waals surface area (Å²) in [6, 6.07) is 18.9. The number of nitrogens with one attached hydrogen (secondary N) is 1. The number of carbonyl (C=O) groups excluding carboxylic acids is 1. The summed E-state index contributed by atoms with van der Waals surface area (Å²) in [4.78, 5) is 12.0. The Bertz CT molecular complexity index is 599. The highest BCUT2D eigenvalue weighted by Crippen LogP contribution is 2.27. The second kappa shape index (κ2) is 6.13. The van der Waals surface area contributed by atoms with E-state index in [0.29, 0.717) is 0 Å². The molecular weight excluding hydrogens is 258 g/mol. The third-order valence-corrected chi connectivity index (χ3v) is 4.35. The Labute approximate surface area is 126 Å². The average molecular weight is 279 g/mol. The monoisotopic (exact) mass is 279 g/mol. The summed E-state index contributed by atoms with van der Waals surface area (Å²) >= 11 is 0. The molecule has 2 aromatic carbocycles. The van der Waals surface area contributed by atoms with Crippen LogP contribution in [0.25, 0.3) is 11.1 Å². The normalized spacial score (nSPS) is 16.0. The van der Waals surface area contributed by atoms with Crippen LogP contribution in [0, 0.1) is 5.92 Å². The maximum Gasteiger partial charge on any atom is 0.223 e. The SMILES string of the molecule is CC(NC(=O)C1CCC1)c1ccc(-c2ccccc2)cc1. The minimum Gasteiger partial charge on any atom is -0.349 e. The molecule has 2 aromatic rings. The molecule has 0 spiro atoms. The van der Waals surface area contributed by atoms with E-state index in [9.17, 15) is 4.79 Å². The van der Waals surface area contributed by atoms with Crippen LogP contribution in [-0.4, -0.2) is 5.91 Å². The van der Waals surface area contributed by atoms with Gasteiger partial charge in [-0.25, -0.2) is 0 Å². The van der Waals surface area contributed by atoms with E-state index in [1.165, 1.54) is 17.5 Å². The molecule has 21 heavy (non-hydrogen) atoms. The summed E-state index contributed by atoms with van der Waals surface area (Å²) in [7, 11) is 0. The lowest BCUT2D eigenvalue weighted by Crippen LogP contribution is -2.35. The van der Waals surface area contributed by atoms with E-state index in [1.54, 1.807) is 0 Å². The fraction of sp³-hybridized carbons (Fsp3) is 0.316. The summed E-state index contributed by atoms with van der Waals surface area (Å²) < 4.78 is 0. The van der Waals surface area contributed by atoms with Gasteiger partial charge < -0.3 is 5.32 Å². The minimum atomic E-state index is 0.0722. The lowest BCUT2D eigenvalue weighted by Gasteiger charge is -2.26. The Balaban J connectivity index is 1.67. The molecule has 0 saturated heterocycles. The van der Waals surface area contributed by atoms with Crippen LogP contribution < -0.4 is 5.32 Å². The number of hydrogen-bond donors (Lipinski definition) is 1. The van der Waals surface area contributed by atoms with Crippen LogP contribution in [0.4, 0.5) is 0 Å². The van der Waals surface area contributed by atoms with Crippen molar-refractivity contribution in [2.24, 2.45) is 5.92 Å². The third-order valence-electron chi connectivity index (χ3n) is 4.35. The van der Waals surface area contributed by atoms with Gasteiger partial charge >= 0.3 is 0 Å². The van der Waals surface area contributed by atoms with Gasteiger partial charge in [0.1, 0.15) is 0 Å². The van der Waals surface area contributed by atoms with E-state index in [4.69, 9.17) is 0 Å². The van der Waals surface area contributed by atoms with Gasteiger partial charge in [-0.3, -0.25) is 4.79 Å². The molecule has 0 radical (unpaired) electrons. The minimum absolute atomic E-state index is 0.0722. The first-order valence-corrected chi connectivity index (χ1v) is 7.70. The molecule has 0 bridgehead atoms. The molecule has 1 amide bonds. The molecular formula is C19H21NO. The number of hydrogen-bond acceptors (Lipinski definition) is 1. The Hall–Kier alpha value is -2.09. The van der Waals surface area contributed by atoms with Gasteiger partial charge in [0.15, 0.2) is 0 Å². The van der Waals surface area contributed by atoms with Crippen LogP contribution >= 0.6 is 0 Å². The zero-order chi connectivity index (χ0) is 14.7. The average Bonchev–Trinajstić information content (AvgIpc) is 2.46. The van der Waals surface area contributed by atoms with Crippen molar-refractivity contribution >= 4 is 5.91 Å². The van der Waals surface area contributed by atoms with Crippen molar-refractivity contribution in [3.63, 3.8) is 0 Å². The van der Waals surface area contributed by atoms with Crippen molar-refractivity contribution in [3.05, 3.63) is 60.2 Å². The van der Waals surface area contributed by atoms with Gasteiger partial charge in [0.05, 0.1) is 6.04 Å². The zero-order valence-corrected chi connectivity index (χ0v) is 12.4. The van der Waals surface area contributed by atoms with Crippen LogP contribution in [0.3, 0.4) is 0 Å². The number of rotatable bonds is 4. The summed E-state index contributed by atoms with van der Waals surface area (Å²) in [5, 5.41) is 3.12. The Kier molecular flexibility index (Phi) is 4.05. The van der Waals surface area contributed by atoms with E-state index in [2.05, 4.69) is 41.7 Å². The lowest BCUT2D eigenvalue weighted by atomic mass is 9.84. The first-order chi connectivity index (χ1) is 10.2. The third kappa shape index (κ3) is 3.15. The maximum absolute atomic E-state index is 12.0. The van der Waals surface area contributed by atoms with E-state index < -0.39 is 0 Å². The van der Waals surface area contributed by atoms with Gasteiger partial charge in [-0.05, 0) is 36.5 Å². The van der Waals surface area contributed by atoms with E-state index in [0.717, 1.165) is 18.4 Å².